The van der Waals surface area contributed by atoms with E-state index in [-0.39, 0.29) is 0 Å². The highest BCUT2D eigenvalue weighted by Gasteiger charge is 2.13. The molecular formula is C18H15N5O. The lowest BCUT2D eigenvalue weighted by atomic mass is 10.2. The van der Waals surface area contributed by atoms with Crippen LogP contribution in [0.5, 0.6) is 11.6 Å². The maximum Gasteiger partial charge on any atom is 0.238 e. The van der Waals surface area contributed by atoms with E-state index >= 15 is 0 Å². The molecule has 0 aliphatic rings. The molecule has 0 amide bonds. The lowest BCUT2D eigenvalue weighted by Gasteiger charge is -2.06. The third kappa shape index (κ3) is 2.65. The number of anilines is 1. The summed E-state index contributed by atoms with van der Waals surface area (Å²) in [6.45, 7) is 2.03. The number of imidazole rings is 1. The van der Waals surface area contributed by atoms with E-state index in [1.165, 1.54) is 6.20 Å². The Bertz CT molecular complexity index is 1010. The van der Waals surface area contributed by atoms with Gasteiger partial charge < -0.3 is 15.5 Å². The predicted octanol–water partition coefficient (Wildman–Crippen LogP) is 3.70. The smallest absolute Gasteiger partial charge is 0.238 e. The lowest BCUT2D eigenvalue weighted by Crippen LogP contribution is -2.00. The number of para-hydroxylation sites is 1. The number of aromatic amines is 1. The first kappa shape index (κ1) is 14.2. The normalized spacial score (nSPS) is 10.9. The van der Waals surface area contributed by atoms with Gasteiger partial charge in [-0.1, -0.05) is 24.3 Å². The van der Waals surface area contributed by atoms with Crippen LogP contribution in [-0.4, -0.2) is 19.9 Å². The maximum absolute atomic E-state index is 5.98. The third-order valence-corrected chi connectivity index (χ3v) is 3.61. The van der Waals surface area contributed by atoms with Crippen LogP contribution in [0, 0.1) is 6.92 Å². The Morgan fingerprint density at radius 3 is 2.71 bits per heavy atom. The van der Waals surface area contributed by atoms with Crippen LogP contribution >= 0.6 is 0 Å². The van der Waals surface area contributed by atoms with Gasteiger partial charge in [0.1, 0.15) is 5.75 Å². The highest BCUT2D eigenvalue weighted by molar-refractivity contribution is 5.81. The van der Waals surface area contributed by atoms with Crippen molar-refractivity contribution in [1.29, 1.82) is 0 Å². The number of nitrogen functional groups attached to an aromatic ring is 1. The van der Waals surface area contributed by atoms with E-state index in [1.807, 2.05) is 55.5 Å². The van der Waals surface area contributed by atoms with Crippen LogP contribution in [0.1, 0.15) is 5.56 Å². The number of hydrogen-bond donors (Lipinski definition) is 2. The molecular weight excluding hydrogens is 302 g/mol. The largest absolute Gasteiger partial charge is 0.437 e. The zero-order chi connectivity index (χ0) is 16.5. The Hall–Kier alpha value is -3.41. The zero-order valence-corrected chi connectivity index (χ0v) is 13.0. The molecule has 0 radical (unpaired) electrons. The number of benzene rings is 2. The van der Waals surface area contributed by atoms with Crippen molar-refractivity contribution in [3.8, 4) is 23.1 Å². The molecule has 118 valence electrons. The summed E-state index contributed by atoms with van der Waals surface area (Å²) >= 11 is 0. The summed E-state index contributed by atoms with van der Waals surface area (Å²) in [5, 5.41) is 0. The van der Waals surface area contributed by atoms with Crippen molar-refractivity contribution in [3.05, 3.63) is 60.3 Å². The molecule has 0 unspecified atom stereocenters. The Kier molecular flexibility index (Phi) is 3.35. The topological polar surface area (TPSA) is 89.7 Å². The van der Waals surface area contributed by atoms with Crippen LogP contribution in [0.4, 0.5) is 5.82 Å². The molecule has 4 aromatic rings. The minimum absolute atomic E-state index is 0.297. The number of hydrogen-bond acceptors (Lipinski definition) is 5. The fourth-order valence-corrected chi connectivity index (χ4v) is 2.45. The summed E-state index contributed by atoms with van der Waals surface area (Å²) in [6.07, 6.45) is 1.50. The third-order valence-electron chi connectivity index (χ3n) is 3.61. The molecule has 6 nitrogen and oxygen atoms in total. The van der Waals surface area contributed by atoms with Gasteiger partial charge in [-0.2, -0.15) is 0 Å². The summed E-state index contributed by atoms with van der Waals surface area (Å²) in [5.41, 5.74) is 9.38. The zero-order valence-electron chi connectivity index (χ0n) is 13.0. The van der Waals surface area contributed by atoms with E-state index in [0.29, 0.717) is 29.0 Å². The number of fused-ring (bicyclic) bond motifs is 1. The molecule has 0 spiro atoms. The predicted molar refractivity (Wildman–Crippen MR) is 92.8 cm³/mol. The summed E-state index contributed by atoms with van der Waals surface area (Å²) in [7, 11) is 0. The van der Waals surface area contributed by atoms with Crippen molar-refractivity contribution in [2.75, 3.05) is 5.73 Å². The van der Waals surface area contributed by atoms with Crippen LogP contribution in [0.25, 0.3) is 22.6 Å². The number of nitrogens with one attached hydrogen (secondary N) is 1. The highest BCUT2D eigenvalue weighted by atomic mass is 16.5. The number of aryl methyl sites for hydroxylation is 1. The highest BCUT2D eigenvalue weighted by Crippen LogP contribution is 2.26. The quantitative estimate of drug-likeness (QED) is 0.601. The van der Waals surface area contributed by atoms with Crippen molar-refractivity contribution < 1.29 is 4.74 Å². The van der Waals surface area contributed by atoms with Crippen molar-refractivity contribution in [1.82, 2.24) is 19.9 Å². The minimum atomic E-state index is 0.297. The van der Waals surface area contributed by atoms with E-state index in [4.69, 9.17) is 10.5 Å². The van der Waals surface area contributed by atoms with Crippen LogP contribution in [0.15, 0.2) is 54.7 Å². The first-order valence-corrected chi connectivity index (χ1v) is 7.51. The Morgan fingerprint density at radius 1 is 1.04 bits per heavy atom. The van der Waals surface area contributed by atoms with Crippen LogP contribution in [0.2, 0.25) is 0 Å². The van der Waals surface area contributed by atoms with E-state index in [9.17, 15) is 0 Å². The van der Waals surface area contributed by atoms with Crippen LogP contribution in [0.3, 0.4) is 0 Å². The van der Waals surface area contributed by atoms with Gasteiger partial charge in [0.05, 0.1) is 17.2 Å². The molecule has 4 rings (SSSR count). The van der Waals surface area contributed by atoms with E-state index in [2.05, 4.69) is 19.9 Å². The molecule has 24 heavy (non-hydrogen) atoms. The Balaban J connectivity index is 1.74. The van der Waals surface area contributed by atoms with Crippen LogP contribution < -0.4 is 10.5 Å². The molecule has 0 atom stereocenters. The Labute approximate surface area is 138 Å². The van der Waals surface area contributed by atoms with Crippen molar-refractivity contribution in [3.63, 3.8) is 0 Å². The van der Waals surface area contributed by atoms with Crippen LogP contribution in [-0.2, 0) is 0 Å². The van der Waals surface area contributed by atoms with Gasteiger partial charge in [0, 0.05) is 0 Å². The maximum atomic E-state index is 5.98. The average Bonchev–Trinajstić information content (AvgIpc) is 3.00. The second-order valence-corrected chi connectivity index (χ2v) is 5.46. The molecule has 0 bridgehead atoms. The Morgan fingerprint density at radius 2 is 1.88 bits per heavy atom. The van der Waals surface area contributed by atoms with Gasteiger partial charge in [0.2, 0.25) is 5.88 Å². The first-order valence-electron chi connectivity index (χ1n) is 7.51. The standard InChI is InChI=1S/C18H15N5O/c1-11-7-8-13-14(9-11)22-18(21-13)16-17(19)20-10-15(23-16)24-12-5-3-2-4-6-12/h2-10H,1H3,(H2,19,20)(H,21,22). The fraction of sp³-hybridized carbons (Fsp3) is 0.0556. The van der Waals surface area contributed by atoms with E-state index in [0.717, 1.165) is 16.6 Å². The van der Waals surface area contributed by atoms with Gasteiger partial charge in [-0.3, -0.25) is 0 Å². The number of ether oxygens (including phenoxy) is 1. The fourth-order valence-electron chi connectivity index (χ4n) is 2.45. The van der Waals surface area contributed by atoms with Gasteiger partial charge in [-0.05, 0) is 36.8 Å². The number of nitrogens with two attached hydrogens (primary N) is 1. The van der Waals surface area contributed by atoms with E-state index < -0.39 is 0 Å². The number of nitrogens with zero attached hydrogens (tertiary/aromatic N) is 3. The second kappa shape index (κ2) is 5.66. The van der Waals surface area contributed by atoms with Gasteiger partial charge in [0.25, 0.3) is 0 Å². The molecule has 0 fully saturated rings. The van der Waals surface area contributed by atoms with Crippen molar-refractivity contribution in [2.24, 2.45) is 0 Å². The summed E-state index contributed by atoms with van der Waals surface area (Å²) in [6, 6.07) is 15.4. The monoisotopic (exact) mass is 317 g/mol. The molecule has 2 aromatic carbocycles. The van der Waals surface area contributed by atoms with Gasteiger partial charge in [-0.15, -0.1) is 0 Å². The summed E-state index contributed by atoms with van der Waals surface area (Å²) < 4.78 is 5.72. The second-order valence-electron chi connectivity index (χ2n) is 5.46. The molecule has 2 heterocycles. The lowest BCUT2D eigenvalue weighted by molar-refractivity contribution is 0.461. The van der Waals surface area contributed by atoms with E-state index in [1.54, 1.807) is 0 Å². The van der Waals surface area contributed by atoms with Gasteiger partial charge in [0.15, 0.2) is 17.3 Å². The summed E-state index contributed by atoms with van der Waals surface area (Å²) in [5.74, 6) is 1.91. The number of aromatic nitrogens is 4. The van der Waals surface area contributed by atoms with Crippen molar-refractivity contribution in [2.45, 2.75) is 6.92 Å². The van der Waals surface area contributed by atoms with Gasteiger partial charge in [-0.25, -0.2) is 15.0 Å². The number of rotatable bonds is 3. The molecule has 0 aliphatic carbocycles. The molecule has 0 aliphatic heterocycles. The molecule has 0 saturated heterocycles. The van der Waals surface area contributed by atoms with Crippen molar-refractivity contribution >= 4 is 16.9 Å². The minimum Gasteiger partial charge on any atom is -0.437 e. The molecule has 2 aromatic heterocycles. The number of H-pyrrole nitrogens is 1. The average molecular weight is 317 g/mol. The SMILES string of the molecule is Cc1ccc2nc(-c3nc(Oc4ccccc4)cnc3N)[nH]c2c1. The summed E-state index contributed by atoms with van der Waals surface area (Å²) in [4.78, 5) is 16.4. The molecule has 3 N–H and O–H groups in total. The molecule has 0 saturated carbocycles. The van der Waals surface area contributed by atoms with Gasteiger partial charge >= 0.3 is 0 Å². The molecule has 6 heteroatoms. The first-order chi connectivity index (χ1) is 11.7.